The van der Waals surface area contributed by atoms with Gasteiger partial charge in [-0.05, 0) is 96.1 Å². The summed E-state index contributed by atoms with van der Waals surface area (Å²) < 4.78 is 5.82. The molecule has 2 atom stereocenters. The van der Waals surface area contributed by atoms with Gasteiger partial charge < -0.3 is 20.9 Å². The lowest BCUT2D eigenvalue weighted by Gasteiger charge is -2.15. The molecule has 0 bridgehead atoms. The lowest BCUT2D eigenvalue weighted by Crippen LogP contribution is -2.40. The van der Waals surface area contributed by atoms with E-state index in [1.807, 2.05) is 6.08 Å². The first kappa shape index (κ1) is 48.1. The molecule has 0 fully saturated rings. The third kappa shape index (κ3) is 35.3. The minimum atomic E-state index is -1.02. The summed E-state index contributed by atoms with van der Waals surface area (Å²) in [5.41, 5.74) is 5.46. The Morgan fingerprint density at radius 3 is 1.71 bits per heavy atom. The maximum Gasteiger partial charge on any atom is 0.326 e. The van der Waals surface area contributed by atoms with E-state index in [4.69, 9.17) is 10.5 Å². The third-order valence-electron chi connectivity index (χ3n) is 8.78. The minimum Gasteiger partial charge on any atom is -0.480 e. The van der Waals surface area contributed by atoms with E-state index in [1.54, 1.807) is 0 Å². The zero-order valence-electron chi connectivity index (χ0n) is 32.7. The van der Waals surface area contributed by atoms with Crippen LogP contribution in [0.15, 0.2) is 60.8 Å². The predicted octanol–water partition coefficient (Wildman–Crippen LogP) is 11.4. The van der Waals surface area contributed by atoms with Crippen LogP contribution in [0.4, 0.5) is 0 Å². The Hall–Kier alpha value is -2.93. The minimum absolute atomic E-state index is 0.106. The first-order valence-electron chi connectivity index (χ1n) is 20.6. The number of aliphatic carboxylic acids is 1. The van der Waals surface area contributed by atoms with E-state index in [9.17, 15) is 19.5 Å². The summed E-state index contributed by atoms with van der Waals surface area (Å²) >= 11 is 0. The molecule has 1 amide bonds. The molecule has 2 unspecified atom stereocenters. The first-order chi connectivity index (χ1) is 24.9. The molecule has 0 saturated carbocycles. The van der Waals surface area contributed by atoms with Gasteiger partial charge in [0, 0.05) is 12.8 Å². The van der Waals surface area contributed by atoms with E-state index in [0.717, 1.165) is 77.0 Å². The summed E-state index contributed by atoms with van der Waals surface area (Å²) in [7, 11) is 0. The zero-order chi connectivity index (χ0) is 37.5. The molecule has 0 saturated heterocycles. The summed E-state index contributed by atoms with van der Waals surface area (Å²) in [5.74, 6) is -1.35. The number of amides is 1. The number of nitrogens with two attached hydrogens (primary N) is 1. The van der Waals surface area contributed by atoms with Crippen molar-refractivity contribution < 1.29 is 24.2 Å². The second-order valence-corrected chi connectivity index (χ2v) is 13.7. The summed E-state index contributed by atoms with van der Waals surface area (Å²) in [4.78, 5) is 36.0. The van der Waals surface area contributed by atoms with E-state index in [1.165, 1.54) is 57.8 Å². The number of carboxylic acid groups (broad SMARTS) is 1. The van der Waals surface area contributed by atoms with Gasteiger partial charge in [-0.3, -0.25) is 9.59 Å². The summed E-state index contributed by atoms with van der Waals surface area (Å²) in [5, 5.41) is 11.9. The molecule has 0 aromatic heterocycles. The number of esters is 1. The molecule has 0 heterocycles. The van der Waals surface area contributed by atoms with Gasteiger partial charge in [0.15, 0.2) is 0 Å². The molecule has 0 aliphatic carbocycles. The van der Waals surface area contributed by atoms with Crippen LogP contribution in [0.5, 0.6) is 0 Å². The number of hydrogen-bond acceptors (Lipinski definition) is 5. The van der Waals surface area contributed by atoms with Crippen LogP contribution in [-0.2, 0) is 19.1 Å². The second-order valence-electron chi connectivity index (χ2n) is 13.7. The normalized spacial score (nSPS) is 13.3. The maximum atomic E-state index is 12.6. The fraction of sp³-hybridized carbons (Fsp3) is 0.705. The number of carbonyl (C=O) groups is 3. The summed E-state index contributed by atoms with van der Waals surface area (Å²) in [6.07, 6.45) is 47.5. The molecule has 7 heteroatoms. The molecule has 0 aliphatic rings. The standard InChI is InChI=1S/C44H76N2O5/c1-3-5-7-8-9-10-11-12-13-14-15-16-17-18-19-20-21-22-23-24-25-26-32-38-43(48)51-40(34-29-6-4-2)35-30-27-28-31-37-42(47)46-41(44(49)50)36-33-39-45/h5,7,9-10,12-13,15-16,29,34,40-41H,3-4,6,8,11,14,17-28,30-33,35-39,45H2,1-2H3,(H,46,47)(H,49,50)/b7-5-,10-9-,13-12-,16-15-,34-29-. The lowest BCUT2D eigenvalue weighted by atomic mass is 10.0. The van der Waals surface area contributed by atoms with Crippen LogP contribution >= 0.6 is 0 Å². The summed E-state index contributed by atoms with van der Waals surface area (Å²) in [6.45, 7) is 4.70. The van der Waals surface area contributed by atoms with E-state index < -0.39 is 12.0 Å². The number of carbonyl (C=O) groups excluding carboxylic acids is 2. The quantitative estimate of drug-likeness (QED) is 0.0338. The van der Waals surface area contributed by atoms with Crippen molar-refractivity contribution >= 4 is 17.8 Å². The fourth-order valence-electron chi connectivity index (χ4n) is 5.71. The van der Waals surface area contributed by atoms with Crippen LogP contribution in [0, 0.1) is 0 Å². The average molecular weight is 713 g/mol. The van der Waals surface area contributed by atoms with Crippen LogP contribution in [0.2, 0.25) is 0 Å². The predicted molar refractivity (Wildman–Crippen MR) is 216 cm³/mol. The number of carboxylic acids is 1. The number of ether oxygens (including phenoxy) is 1. The maximum absolute atomic E-state index is 12.6. The largest absolute Gasteiger partial charge is 0.480 e. The Morgan fingerprint density at radius 2 is 1.14 bits per heavy atom. The molecule has 292 valence electrons. The highest BCUT2D eigenvalue weighted by Gasteiger charge is 2.19. The molecule has 0 radical (unpaired) electrons. The van der Waals surface area contributed by atoms with Crippen molar-refractivity contribution in [2.24, 2.45) is 5.73 Å². The second kappa shape index (κ2) is 38.3. The van der Waals surface area contributed by atoms with E-state index in [2.05, 4.69) is 73.8 Å². The molecule has 0 aromatic rings. The van der Waals surface area contributed by atoms with E-state index >= 15 is 0 Å². The number of hydrogen-bond donors (Lipinski definition) is 3. The van der Waals surface area contributed by atoms with Crippen LogP contribution in [0.1, 0.15) is 181 Å². The van der Waals surface area contributed by atoms with Crippen molar-refractivity contribution in [2.45, 2.75) is 193 Å². The van der Waals surface area contributed by atoms with Gasteiger partial charge in [0.2, 0.25) is 5.91 Å². The zero-order valence-corrected chi connectivity index (χ0v) is 32.7. The Labute approximate surface area is 312 Å². The van der Waals surface area contributed by atoms with Gasteiger partial charge in [-0.25, -0.2) is 4.79 Å². The van der Waals surface area contributed by atoms with Crippen molar-refractivity contribution in [3.05, 3.63) is 60.8 Å². The van der Waals surface area contributed by atoms with Crippen LogP contribution in [-0.4, -0.2) is 41.6 Å². The highest BCUT2D eigenvalue weighted by atomic mass is 16.5. The van der Waals surface area contributed by atoms with Crippen LogP contribution < -0.4 is 11.1 Å². The van der Waals surface area contributed by atoms with Gasteiger partial charge in [0.05, 0.1) is 0 Å². The molecule has 7 nitrogen and oxygen atoms in total. The molecule has 0 rings (SSSR count). The van der Waals surface area contributed by atoms with Gasteiger partial charge in [-0.15, -0.1) is 0 Å². The Bertz CT molecular complexity index is 984. The van der Waals surface area contributed by atoms with Gasteiger partial charge >= 0.3 is 11.9 Å². The highest BCUT2D eigenvalue weighted by Crippen LogP contribution is 2.15. The number of unbranched alkanes of at least 4 members (excludes halogenated alkanes) is 14. The van der Waals surface area contributed by atoms with Crippen molar-refractivity contribution in [3.63, 3.8) is 0 Å². The molecule has 0 aliphatic heterocycles. The first-order valence-corrected chi connectivity index (χ1v) is 20.6. The lowest BCUT2D eigenvalue weighted by molar-refractivity contribution is -0.147. The number of rotatable bonds is 36. The Balaban J connectivity index is 3.88. The van der Waals surface area contributed by atoms with Crippen molar-refractivity contribution in [1.29, 1.82) is 0 Å². The molecular weight excluding hydrogens is 636 g/mol. The fourth-order valence-corrected chi connectivity index (χ4v) is 5.71. The van der Waals surface area contributed by atoms with Crippen molar-refractivity contribution in [3.8, 4) is 0 Å². The molecule has 4 N–H and O–H groups in total. The van der Waals surface area contributed by atoms with E-state index in [0.29, 0.717) is 38.6 Å². The van der Waals surface area contributed by atoms with Crippen molar-refractivity contribution in [1.82, 2.24) is 5.32 Å². The molecular formula is C44H76N2O5. The topological polar surface area (TPSA) is 119 Å². The third-order valence-corrected chi connectivity index (χ3v) is 8.78. The monoisotopic (exact) mass is 713 g/mol. The van der Waals surface area contributed by atoms with Crippen LogP contribution in [0.25, 0.3) is 0 Å². The Morgan fingerprint density at radius 1 is 0.608 bits per heavy atom. The smallest absolute Gasteiger partial charge is 0.326 e. The number of nitrogens with one attached hydrogen (secondary N) is 1. The van der Waals surface area contributed by atoms with Gasteiger partial charge in [0.1, 0.15) is 12.1 Å². The van der Waals surface area contributed by atoms with Gasteiger partial charge in [0.25, 0.3) is 0 Å². The Kier molecular flexibility index (Phi) is 36.1. The SMILES string of the molecule is CC/C=C\C/C=C\C/C=C\C/C=C\CCCCCCCCCCCCC(=O)OC(/C=C\CCC)CCCCCCC(=O)NC(CCCN)C(=O)O. The molecule has 51 heavy (non-hydrogen) atoms. The van der Waals surface area contributed by atoms with Gasteiger partial charge in [-0.2, -0.15) is 0 Å². The number of allylic oxidation sites excluding steroid dienone is 9. The van der Waals surface area contributed by atoms with Crippen LogP contribution in [0.3, 0.4) is 0 Å². The average Bonchev–Trinajstić information content (AvgIpc) is 3.11. The summed E-state index contributed by atoms with van der Waals surface area (Å²) in [6, 6.07) is -0.871. The van der Waals surface area contributed by atoms with E-state index in [-0.39, 0.29) is 18.0 Å². The van der Waals surface area contributed by atoms with Crippen molar-refractivity contribution in [2.75, 3.05) is 6.54 Å². The molecule has 0 spiro atoms. The molecule has 0 aromatic carbocycles. The highest BCUT2D eigenvalue weighted by molar-refractivity contribution is 5.83. The van der Waals surface area contributed by atoms with Gasteiger partial charge in [-0.1, -0.05) is 139 Å².